The molecule has 0 atom stereocenters. The smallest absolute Gasteiger partial charge is 0.267 e. The van der Waals surface area contributed by atoms with Gasteiger partial charge in [-0.15, -0.1) is 0 Å². The minimum absolute atomic E-state index is 0.109. The molecule has 5 nitrogen and oxygen atoms in total. The Balaban J connectivity index is 1.57. The highest BCUT2D eigenvalue weighted by Crippen LogP contribution is 2.24. The van der Waals surface area contributed by atoms with E-state index in [0.29, 0.717) is 39.4 Å². The Bertz CT molecular complexity index is 1110. The average Bonchev–Trinajstić information content (AvgIpc) is 3.27. The van der Waals surface area contributed by atoms with Gasteiger partial charge in [0, 0.05) is 39.7 Å². The highest BCUT2D eigenvalue weighted by Gasteiger charge is 2.15. The standard InChI is InChI=1S/C24H22Cl2N2O3S/c1-16-4-2-5-17(12-16)23(29)28-22(14-20-6-3-10-31-20)24(30)27-9-11-32-15-18-7-8-19(25)13-21(18)26/h2-8,10,12-14H,9,11,15H2,1H3,(H,27,30)(H,28,29)/b22-14-. The third-order valence-electron chi connectivity index (χ3n) is 4.41. The molecule has 0 saturated heterocycles. The zero-order valence-corrected chi connectivity index (χ0v) is 19.7. The molecule has 8 heteroatoms. The summed E-state index contributed by atoms with van der Waals surface area (Å²) in [6, 6.07) is 16.0. The second-order valence-electron chi connectivity index (χ2n) is 6.94. The summed E-state index contributed by atoms with van der Waals surface area (Å²) in [4.78, 5) is 25.4. The maximum absolute atomic E-state index is 12.7. The fraction of sp³-hybridized carbons (Fsp3) is 0.167. The van der Waals surface area contributed by atoms with E-state index >= 15 is 0 Å². The second-order valence-corrected chi connectivity index (χ2v) is 8.89. The van der Waals surface area contributed by atoms with Crippen molar-refractivity contribution in [2.24, 2.45) is 0 Å². The summed E-state index contributed by atoms with van der Waals surface area (Å²) < 4.78 is 5.30. The third-order valence-corrected chi connectivity index (χ3v) is 6.00. The highest BCUT2D eigenvalue weighted by atomic mass is 35.5. The lowest BCUT2D eigenvalue weighted by Crippen LogP contribution is -2.35. The number of carbonyl (C=O) groups excluding carboxylic acids is 2. The van der Waals surface area contributed by atoms with Gasteiger partial charge in [-0.05, 0) is 48.9 Å². The Kier molecular flexibility index (Phi) is 8.85. The van der Waals surface area contributed by atoms with Crippen LogP contribution in [0.15, 0.2) is 71.0 Å². The molecule has 2 amide bonds. The van der Waals surface area contributed by atoms with E-state index in [-0.39, 0.29) is 11.6 Å². The first-order chi connectivity index (χ1) is 15.4. The van der Waals surface area contributed by atoms with Crippen LogP contribution < -0.4 is 10.6 Å². The molecule has 0 radical (unpaired) electrons. The molecule has 0 aliphatic rings. The van der Waals surface area contributed by atoms with Crippen molar-refractivity contribution in [2.45, 2.75) is 12.7 Å². The summed E-state index contributed by atoms with van der Waals surface area (Å²) in [5, 5.41) is 6.74. The van der Waals surface area contributed by atoms with E-state index in [1.54, 1.807) is 54.2 Å². The Morgan fingerprint density at radius 1 is 1.09 bits per heavy atom. The van der Waals surface area contributed by atoms with Crippen molar-refractivity contribution in [3.63, 3.8) is 0 Å². The zero-order valence-electron chi connectivity index (χ0n) is 17.4. The van der Waals surface area contributed by atoms with Crippen LogP contribution in [0.5, 0.6) is 0 Å². The van der Waals surface area contributed by atoms with Crippen LogP contribution in [0.3, 0.4) is 0 Å². The molecule has 32 heavy (non-hydrogen) atoms. The largest absolute Gasteiger partial charge is 0.465 e. The first-order valence-corrected chi connectivity index (χ1v) is 11.8. The van der Waals surface area contributed by atoms with Crippen molar-refractivity contribution in [2.75, 3.05) is 12.3 Å². The van der Waals surface area contributed by atoms with E-state index in [0.717, 1.165) is 11.1 Å². The van der Waals surface area contributed by atoms with Gasteiger partial charge in [-0.3, -0.25) is 9.59 Å². The summed E-state index contributed by atoms with van der Waals surface area (Å²) in [6.45, 7) is 2.32. The van der Waals surface area contributed by atoms with E-state index in [1.807, 2.05) is 19.1 Å². The van der Waals surface area contributed by atoms with Crippen LogP contribution in [0.4, 0.5) is 0 Å². The van der Waals surface area contributed by atoms with E-state index in [2.05, 4.69) is 10.6 Å². The molecule has 3 rings (SSSR count). The van der Waals surface area contributed by atoms with Crippen LogP contribution in [0.1, 0.15) is 27.2 Å². The van der Waals surface area contributed by atoms with Gasteiger partial charge in [0.2, 0.25) is 0 Å². The fourth-order valence-corrected chi connectivity index (χ4v) is 4.22. The maximum Gasteiger partial charge on any atom is 0.267 e. The van der Waals surface area contributed by atoms with Gasteiger partial charge in [0.25, 0.3) is 11.8 Å². The number of furan rings is 1. The zero-order chi connectivity index (χ0) is 22.9. The minimum Gasteiger partial charge on any atom is -0.465 e. The molecule has 0 bridgehead atoms. The number of hydrogen-bond donors (Lipinski definition) is 2. The number of thioether (sulfide) groups is 1. The first-order valence-electron chi connectivity index (χ1n) is 9.85. The van der Waals surface area contributed by atoms with Crippen LogP contribution in [0.2, 0.25) is 10.0 Å². The van der Waals surface area contributed by atoms with Crippen molar-refractivity contribution < 1.29 is 14.0 Å². The Morgan fingerprint density at radius 2 is 1.94 bits per heavy atom. The van der Waals surface area contributed by atoms with Crippen LogP contribution in [-0.4, -0.2) is 24.1 Å². The fourth-order valence-electron chi connectivity index (χ4n) is 2.81. The lowest BCUT2D eigenvalue weighted by molar-refractivity contribution is -0.117. The topological polar surface area (TPSA) is 71.3 Å². The lowest BCUT2D eigenvalue weighted by atomic mass is 10.1. The van der Waals surface area contributed by atoms with E-state index in [1.165, 1.54) is 12.3 Å². The van der Waals surface area contributed by atoms with Crippen LogP contribution >= 0.6 is 35.0 Å². The monoisotopic (exact) mass is 488 g/mol. The van der Waals surface area contributed by atoms with Crippen LogP contribution in [0, 0.1) is 6.92 Å². The summed E-state index contributed by atoms with van der Waals surface area (Å²) in [5.74, 6) is 1.07. The summed E-state index contributed by atoms with van der Waals surface area (Å²) in [6.07, 6.45) is 3.01. The number of aryl methyl sites for hydroxylation is 1. The van der Waals surface area contributed by atoms with Crippen molar-refractivity contribution in [3.05, 3.63) is 99.1 Å². The highest BCUT2D eigenvalue weighted by molar-refractivity contribution is 7.98. The Labute approximate surface area is 201 Å². The van der Waals surface area contributed by atoms with Gasteiger partial charge in [0.15, 0.2) is 0 Å². The average molecular weight is 489 g/mol. The molecule has 1 aromatic heterocycles. The predicted octanol–water partition coefficient (Wildman–Crippen LogP) is 5.72. The number of hydrogen-bond acceptors (Lipinski definition) is 4. The molecule has 0 fully saturated rings. The van der Waals surface area contributed by atoms with E-state index in [9.17, 15) is 9.59 Å². The number of carbonyl (C=O) groups is 2. The second kappa shape index (κ2) is 11.8. The molecule has 0 spiro atoms. The van der Waals surface area contributed by atoms with Gasteiger partial charge >= 0.3 is 0 Å². The molecule has 1 heterocycles. The molecule has 0 aliphatic heterocycles. The molecule has 2 N–H and O–H groups in total. The van der Waals surface area contributed by atoms with Gasteiger partial charge in [0.05, 0.1) is 6.26 Å². The van der Waals surface area contributed by atoms with E-state index in [4.69, 9.17) is 27.6 Å². The van der Waals surface area contributed by atoms with E-state index < -0.39 is 5.91 Å². The molecule has 2 aromatic carbocycles. The minimum atomic E-state index is -0.396. The molecular weight excluding hydrogens is 467 g/mol. The SMILES string of the molecule is Cc1cccc(C(=O)N/C(=C\c2ccco2)C(=O)NCCSCc2ccc(Cl)cc2Cl)c1. The third kappa shape index (κ3) is 7.19. The number of halogens is 2. The molecular formula is C24H22Cl2N2O3S. The maximum atomic E-state index is 12.7. The molecule has 0 unspecified atom stereocenters. The Hall–Kier alpha value is -2.67. The molecule has 0 aliphatic carbocycles. The summed E-state index contributed by atoms with van der Waals surface area (Å²) >= 11 is 13.7. The molecule has 3 aromatic rings. The lowest BCUT2D eigenvalue weighted by Gasteiger charge is -2.11. The first kappa shape index (κ1) is 24.0. The number of nitrogens with one attached hydrogen (secondary N) is 2. The quantitative estimate of drug-likeness (QED) is 0.298. The van der Waals surface area contributed by atoms with Crippen molar-refractivity contribution in [1.82, 2.24) is 10.6 Å². The summed E-state index contributed by atoms with van der Waals surface area (Å²) in [7, 11) is 0. The Morgan fingerprint density at radius 3 is 2.66 bits per heavy atom. The van der Waals surface area contributed by atoms with Gasteiger partial charge in [-0.25, -0.2) is 0 Å². The predicted molar refractivity (Wildman–Crippen MR) is 131 cm³/mol. The normalized spacial score (nSPS) is 11.3. The molecule has 166 valence electrons. The van der Waals surface area contributed by atoms with Crippen LogP contribution in [0.25, 0.3) is 6.08 Å². The van der Waals surface area contributed by atoms with Crippen LogP contribution in [-0.2, 0) is 10.5 Å². The summed E-state index contributed by atoms with van der Waals surface area (Å²) in [5.41, 5.74) is 2.52. The van der Waals surface area contributed by atoms with Crippen molar-refractivity contribution in [3.8, 4) is 0 Å². The van der Waals surface area contributed by atoms with Gasteiger partial charge < -0.3 is 15.1 Å². The van der Waals surface area contributed by atoms with Crippen molar-refractivity contribution >= 4 is 52.9 Å². The number of benzene rings is 2. The van der Waals surface area contributed by atoms with Gasteiger partial charge in [0.1, 0.15) is 11.5 Å². The van der Waals surface area contributed by atoms with Gasteiger partial charge in [-0.1, -0.05) is 47.0 Å². The van der Waals surface area contributed by atoms with Gasteiger partial charge in [-0.2, -0.15) is 11.8 Å². The molecule has 0 saturated carbocycles. The number of rotatable bonds is 9. The number of amides is 2. The van der Waals surface area contributed by atoms with Crippen molar-refractivity contribution in [1.29, 1.82) is 0 Å².